The molecule has 1 heterocycles. The first-order valence-electron chi connectivity index (χ1n) is 10.7. The van der Waals surface area contributed by atoms with Crippen molar-refractivity contribution >= 4 is 11.7 Å². The molecule has 1 N–H and O–H groups in total. The molecule has 2 aliphatic carbocycles. The van der Waals surface area contributed by atoms with Gasteiger partial charge in [-0.2, -0.15) is 18.3 Å². The number of benzene rings is 1. The van der Waals surface area contributed by atoms with E-state index in [2.05, 4.69) is 15.2 Å². The highest BCUT2D eigenvalue weighted by atomic mass is 19.4. The van der Waals surface area contributed by atoms with E-state index in [0.29, 0.717) is 23.2 Å². The van der Waals surface area contributed by atoms with Crippen molar-refractivity contribution in [2.24, 2.45) is 12.5 Å². The number of amides is 1. The molecule has 0 spiro atoms. The number of nitrogens with one attached hydrogen (secondary N) is 1. The highest BCUT2D eigenvalue weighted by Gasteiger charge is 2.59. The summed E-state index contributed by atoms with van der Waals surface area (Å²) in [5, 5.41) is 6.92. The number of carbonyl (C=O) groups is 1. The van der Waals surface area contributed by atoms with Crippen molar-refractivity contribution in [1.82, 2.24) is 9.78 Å². The van der Waals surface area contributed by atoms with E-state index in [1.54, 1.807) is 7.05 Å². The van der Waals surface area contributed by atoms with Crippen LogP contribution in [0.2, 0.25) is 0 Å². The van der Waals surface area contributed by atoms with E-state index in [-0.39, 0.29) is 30.3 Å². The van der Waals surface area contributed by atoms with Gasteiger partial charge in [-0.1, -0.05) is 12.8 Å². The van der Waals surface area contributed by atoms with E-state index in [4.69, 9.17) is 0 Å². The molecule has 1 aromatic carbocycles. The Morgan fingerprint density at radius 2 is 1.76 bits per heavy atom. The molecular formula is C22H23F6N3O2. The number of aromatic nitrogens is 2. The molecule has 0 bridgehead atoms. The Labute approximate surface area is 186 Å². The highest BCUT2D eigenvalue weighted by molar-refractivity contribution is 5.92. The van der Waals surface area contributed by atoms with E-state index >= 15 is 0 Å². The second-order valence-electron chi connectivity index (χ2n) is 8.79. The van der Waals surface area contributed by atoms with Crippen molar-refractivity contribution in [3.8, 4) is 17.0 Å². The second-order valence-corrected chi connectivity index (χ2v) is 8.79. The van der Waals surface area contributed by atoms with Crippen molar-refractivity contribution in [2.75, 3.05) is 5.32 Å². The molecule has 11 heteroatoms. The number of nitrogens with zero attached hydrogens (tertiary/aromatic N) is 2. The lowest BCUT2D eigenvalue weighted by molar-refractivity contribution is -0.274. The number of alkyl halides is 6. The quantitative estimate of drug-likeness (QED) is 0.498. The summed E-state index contributed by atoms with van der Waals surface area (Å²) in [6.07, 6.45) is -7.02. The molecule has 0 saturated heterocycles. The van der Waals surface area contributed by atoms with Gasteiger partial charge in [0.1, 0.15) is 5.75 Å². The van der Waals surface area contributed by atoms with Crippen LogP contribution >= 0.6 is 0 Å². The molecule has 33 heavy (non-hydrogen) atoms. The Morgan fingerprint density at radius 1 is 1.12 bits per heavy atom. The lowest BCUT2D eigenvalue weighted by Gasteiger charge is -2.42. The summed E-state index contributed by atoms with van der Waals surface area (Å²) in [4.78, 5) is 12.6. The van der Waals surface area contributed by atoms with Gasteiger partial charge in [-0.15, -0.1) is 13.2 Å². The molecule has 0 radical (unpaired) electrons. The normalized spacial score (nSPS) is 18.4. The predicted molar refractivity (Wildman–Crippen MR) is 108 cm³/mol. The van der Waals surface area contributed by atoms with Gasteiger partial charge in [0, 0.05) is 24.6 Å². The van der Waals surface area contributed by atoms with Gasteiger partial charge in [0.2, 0.25) is 5.91 Å². The average molecular weight is 475 g/mol. The number of hydrogen-bond acceptors (Lipinski definition) is 3. The Kier molecular flexibility index (Phi) is 5.86. The van der Waals surface area contributed by atoms with Crippen LogP contribution in [0.15, 0.2) is 24.3 Å². The van der Waals surface area contributed by atoms with Gasteiger partial charge < -0.3 is 10.1 Å². The zero-order valence-electron chi connectivity index (χ0n) is 17.8. The molecule has 2 aliphatic rings. The summed E-state index contributed by atoms with van der Waals surface area (Å²) >= 11 is 0. The summed E-state index contributed by atoms with van der Waals surface area (Å²) in [6, 6.07) is 5.28. The Bertz CT molecular complexity index is 1020. The zero-order chi connectivity index (χ0) is 24.0. The van der Waals surface area contributed by atoms with Crippen molar-refractivity contribution < 1.29 is 35.9 Å². The number of carbonyl (C=O) groups excluding carboxylic acids is 1. The molecule has 0 aliphatic heterocycles. The van der Waals surface area contributed by atoms with E-state index in [9.17, 15) is 31.1 Å². The third-order valence-corrected chi connectivity index (χ3v) is 6.63. The number of anilines is 1. The maximum atomic E-state index is 13.5. The van der Waals surface area contributed by atoms with E-state index in [0.717, 1.165) is 19.3 Å². The Hall–Kier alpha value is -2.72. The minimum Gasteiger partial charge on any atom is -0.406 e. The van der Waals surface area contributed by atoms with Crippen molar-refractivity contribution in [3.63, 3.8) is 0 Å². The monoisotopic (exact) mass is 475 g/mol. The van der Waals surface area contributed by atoms with E-state index in [1.807, 2.05) is 0 Å². The fraction of sp³-hybridized carbons (Fsp3) is 0.545. The fourth-order valence-electron chi connectivity index (χ4n) is 4.52. The second kappa shape index (κ2) is 8.25. The van der Waals surface area contributed by atoms with Gasteiger partial charge in [0.05, 0.1) is 11.1 Å². The largest absolute Gasteiger partial charge is 0.573 e. The minimum atomic E-state index is -4.81. The molecule has 2 fully saturated rings. The summed E-state index contributed by atoms with van der Waals surface area (Å²) in [7, 11) is 1.62. The molecule has 5 nitrogen and oxygen atoms in total. The molecule has 2 saturated carbocycles. The van der Waals surface area contributed by atoms with Gasteiger partial charge in [0.15, 0.2) is 5.82 Å². The summed E-state index contributed by atoms with van der Waals surface area (Å²) in [6.45, 7) is 0. The first kappa shape index (κ1) is 23.4. The number of rotatable bonds is 6. The number of halogens is 6. The molecule has 2 aromatic rings. The summed E-state index contributed by atoms with van der Waals surface area (Å²) in [5.74, 6) is -0.860. The van der Waals surface area contributed by atoms with Crippen LogP contribution < -0.4 is 10.1 Å². The van der Waals surface area contributed by atoms with Crippen LogP contribution in [0.1, 0.15) is 56.4 Å². The summed E-state index contributed by atoms with van der Waals surface area (Å²) in [5.41, 5.74) is -0.133. The molecule has 4 rings (SSSR count). The van der Waals surface area contributed by atoms with E-state index < -0.39 is 30.3 Å². The van der Waals surface area contributed by atoms with Gasteiger partial charge in [-0.25, -0.2) is 0 Å². The van der Waals surface area contributed by atoms with Crippen molar-refractivity contribution in [3.05, 3.63) is 29.8 Å². The molecule has 180 valence electrons. The topological polar surface area (TPSA) is 56.2 Å². The van der Waals surface area contributed by atoms with Crippen LogP contribution in [0.25, 0.3) is 11.3 Å². The van der Waals surface area contributed by atoms with Crippen LogP contribution in [-0.4, -0.2) is 28.2 Å². The van der Waals surface area contributed by atoms with E-state index in [1.165, 1.54) is 28.9 Å². The van der Waals surface area contributed by atoms with Crippen molar-refractivity contribution in [1.29, 1.82) is 0 Å². The van der Waals surface area contributed by atoms with Crippen LogP contribution in [0.5, 0.6) is 5.75 Å². The van der Waals surface area contributed by atoms with Crippen LogP contribution in [0.4, 0.5) is 32.2 Å². The van der Waals surface area contributed by atoms with Crippen LogP contribution in [-0.2, 0) is 11.8 Å². The highest BCUT2D eigenvalue weighted by Crippen LogP contribution is 2.55. The first-order chi connectivity index (χ1) is 15.4. The first-order valence-corrected chi connectivity index (χ1v) is 10.7. The number of hydrogen-bond donors (Lipinski definition) is 1. The van der Waals surface area contributed by atoms with Gasteiger partial charge in [-0.05, 0) is 55.9 Å². The van der Waals surface area contributed by atoms with Crippen molar-refractivity contribution in [2.45, 2.75) is 63.4 Å². The smallest absolute Gasteiger partial charge is 0.406 e. The molecule has 0 unspecified atom stereocenters. The van der Waals surface area contributed by atoms with Gasteiger partial charge in [-0.3, -0.25) is 9.48 Å². The fourth-order valence-corrected chi connectivity index (χ4v) is 4.52. The standard InChI is InChI=1S/C22H23F6N3O2/c1-31-18(14-6-8-15(9-7-14)33-22(26,27)28)17(13-4-2-5-13)19(30-31)29-16(32)12-20(10-3-11-20)21(23,24)25/h6-9,13H,2-5,10-12H2,1H3,(H,29,30,32). The molecule has 1 aromatic heterocycles. The third-order valence-electron chi connectivity index (χ3n) is 6.63. The van der Waals surface area contributed by atoms with Crippen LogP contribution in [0, 0.1) is 5.41 Å². The molecule has 1 amide bonds. The third kappa shape index (κ3) is 4.67. The van der Waals surface area contributed by atoms with Crippen LogP contribution in [0.3, 0.4) is 0 Å². The predicted octanol–water partition coefficient (Wildman–Crippen LogP) is 6.31. The Balaban J connectivity index is 1.60. The zero-order valence-corrected chi connectivity index (χ0v) is 17.8. The Morgan fingerprint density at radius 3 is 2.21 bits per heavy atom. The number of aryl methyl sites for hydroxylation is 1. The SMILES string of the molecule is Cn1nc(NC(=O)CC2(C(F)(F)F)CCC2)c(C2CCC2)c1-c1ccc(OC(F)(F)F)cc1. The maximum absolute atomic E-state index is 13.5. The van der Waals surface area contributed by atoms with Gasteiger partial charge in [0.25, 0.3) is 0 Å². The lowest BCUT2D eigenvalue weighted by atomic mass is 9.66. The molecule has 0 atom stereocenters. The summed E-state index contributed by atoms with van der Waals surface area (Å²) < 4.78 is 83.2. The molecular weight excluding hydrogens is 452 g/mol. The average Bonchev–Trinajstić information content (AvgIpc) is 2.90. The number of ether oxygens (including phenoxy) is 1. The van der Waals surface area contributed by atoms with Gasteiger partial charge >= 0.3 is 12.5 Å². The lowest BCUT2D eigenvalue weighted by Crippen LogP contribution is -2.46. The maximum Gasteiger partial charge on any atom is 0.573 e. The minimum absolute atomic E-state index is 0.0513.